The van der Waals surface area contributed by atoms with E-state index in [-0.39, 0.29) is 29.6 Å². The standard InChI is InChI=1S/C19H21N7O2/c1-20-18-22-15(23-19(24-18)26(2)13-6-4-3-5-7-13)16-21-17(28-25-16)12-8-10-14(27)11-9-12/h3-7,12,14,27H,1,8-11H2,2H3. The zero-order valence-corrected chi connectivity index (χ0v) is 15.6. The van der Waals surface area contributed by atoms with Gasteiger partial charge in [0.15, 0.2) is 0 Å². The molecular formula is C19H21N7O2. The Labute approximate surface area is 162 Å². The number of aromatic nitrogens is 5. The minimum absolute atomic E-state index is 0.148. The van der Waals surface area contributed by atoms with Crippen molar-refractivity contribution < 1.29 is 9.63 Å². The minimum atomic E-state index is -0.237. The Bertz CT molecular complexity index is 952. The Morgan fingerprint density at radius 1 is 1.04 bits per heavy atom. The van der Waals surface area contributed by atoms with E-state index in [1.165, 1.54) is 0 Å². The second kappa shape index (κ2) is 7.81. The Morgan fingerprint density at radius 3 is 2.50 bits per heavy atom. The molecule has 4 rings (SSSR count). The number of aliphatic hydroxyl groups excluding tert-OH is 1. The molecule has 9 heteroatoms. The first kappa shape index (κ1) is 18.2. The number of para-hydroxylation sites is 1. The Hall–Kier alpha value is -3.20. The summed E-state index contributed by atoms with van der Waals surface area (Å²) in [6.45, 7) is 3.52. The van der Waals surface area contributed by atoms with Gasteiger partial charge < -0.3 is 14.5 Å². The number of aliphatic hydroxyl groups is 1. The number of aliphatic imine (C=N–C) groups is 1. The van der Waals surface area contributed by atoms with Crippen molar-refractivity contribution in [1.82, 2.24) is 25.1 Å². The van der Waals surface area contributed by atoms with Gasteiger partial charge in [-0.05, 0) is 44.5 Å². The van der Waals surface area contributed by atoms with E-state index in [2.05, 4.69) is 36.8 Å². The largest absolute Gasteiger partial charge is 0.393 e. The fraction of sp³-hybridized carbons (Fsp3) is 0.368. The van der Waals surface area contributed by atoms with Crippen molar-refractivity contribution >= 4 is 24.3 Å². The normalized spacial score (nSPS) is 19.4. The van der Waals surface area contributed by atoms with Crippen molar-refractivity contribution in [3.05, 3.63) is 36.2 Å². The summed E-state index contributed by atoms with van der Waals surface area (Å²) in [5.74, 6) is 1.86. The summed E-state index contributed by atoms with van der Waals surface area (Å²) in [4.78, 5) is 23.2. The highest BCUT2D eigenvalue weighted by Crippen LogP contribution is 2.33. The molecule has 2 heterocycles. The third-order valence-corrected chi connectivity index (χ3v) is 4.88. The SMILES string of the molecule is C=Nc1nc(-c2noc(C3CCC(O)CC3)n2)nc(N(C)c2ccccc2)n1. The Kier molecular flexibility index (Phi) is 5.07. The van der Waals surface area contributed by atoms with Gasteiger partial charge in [0.05, 0.1) is 6.10 Å². The van der Waals surface area contributed by atoms with Crippen LogP contribution in [-0.2, 0) is 0 Å². The Balaban J connectivity index is 1.64. The van der Waals surface area contributed by atoms with Crippen LogP contribution in [-0.4, -0.2) is 50.1 Å². The second-order valence-corrected chi connectivity index (χ2v) is 6.77. The second-order valence-electron chi connectivity index (χ2n) is 6.77. The van der Waals surface area contributed by atoms with E-state index in [9.17, 15) is 5.11 Å². The van der Waals surface area contributed by atoms with Crippen molar-refractivity contribution in [2.24, 2.45) is 4.99 Å². The summed E-state index contributed by atoms with van der Waals surface area (Å²) >= 11 is 0. The summed E-state index contributed by atoms with van der Waals surface area (Å²) in [5, 5.41) is 13.7. The van der Waals surface area contributed by atoms with E-state index >= 15 is 0 Å². The maximum atomic E-state index is 9.68. The topological polar surface area (TPSA) is 113 Å². The lowest BCUT2D eigenvalue weighted by Gasteiger charge is -2.22. The molecule has 28 heavy (non-hydrogen) atoms. The van der Waals surface area contributed by atoms with Gasteiger partial charge in [0.2, 0.25) is 23.5 Å². The third-order valence-electron chi connectivity index (χ3n) is 4.88. The first-order valence-electron chi connectivity index (χ1n) is 9.17. The van der Waals surface area contributed by atoms with Crippen LogP contribution in [0.25, 0.3) is 11.6 Å². The predicted molar refractivity (Wildman–Crippen MR) is 104 cm³/mol. The highest BCUT2D eigenvalue weighted by atomic mass is 16.5. The van der Waals surface area contributed by atoms with Crippen LogP contribution in [0.1, 0.15) is 37.5 Å². The molecule has 1 N–H and O–H groups in total. The van der Waals surface area contributed by atoms with Crippen LogP contribution in [0, 0.1) is 0 Å². The molecule has 1 aliphatic rings. The molecule has 0 aliphatic heterocycles. The molecule has 2 aromatic heterocycles. The van der Waals surface area contributed by atoms with Gasteiger partial charge >= 0.3 is 0 Å². The average molecular weight is 379 g/mol. The highest BCUT2D eigenvalue weighted by molar-refractivity contribution is 5.59. The molecule has 0 atom stereocenters. The minimum Gasteiger partial charge on any atom is -0.393 e. The summed E-state index contributed by atoms with van der Waals surface area (Å²) < 4.78 is 5.45. The molecule has 1 aromatic carbocycles. The van der Waals surface area contributed by atoms with Crippen LogP contribution in [0.3, 0.4) is 0 Å². The zero-order chi connectivity index (χ0) is 19.5. The van der Waals surface area contributed by atoms with Crippen LogP contribution in [0.15, 0.2) is 39.8 Å². The maximum Gasteiger partial charge on any atom is 0.254 e. The first-order valence-corrected chi connectivity index (χ1v) is 9.17. The molecule has 144 valence electrons. The lowest BCUT2D eigenvalue weighted by atomic mass is 9.87. The van der Waals surface area contributed by atoms with Crippen molar-refractivity contribution in [2.45, 2.75) is 37.7 Å². The fourth-order valence-electron chi connectivity index (χ4n) is 3.26. The number of nitrogens with zero attached hydrogens (tertiary/aromatic N) is 7. The van der Waals surface area contributed by atoms with Gasteiger partial charge in [-0.2, -0.15) is 19.9 Å². The molecule has 0 saturated heterocycles. The lowest BCUT2D eigenvalue weighted by Crippen LogP contribution is -2.17. The molecule has 0 spiro atoms. The molecule has 1 fully saturated rings. The van der Waals surface area contributed by atoms with Crippen LogP contribution >= 0.6 is 0 Å². The smallest absolute Gasteiger partial charge is 0.254 e. The molecule has 9 nitrogen and oxygen atoms in total. The van der Waals surface area contributed by atoms with Crippen LogP contribution in [0.2, 0.25) is 0 Å². The summed E-state index contributed by atoms with van der Waals surface area (Å²) in [5.41, 5.74) is 0.921. The monoisotopic (exact) mass is 379 g/mol. The molecule has 0 amide bonds. The van der Waals surface area contributed by atoms with Gasteiger partial charge in [0.1, 0.15) is 0 Å². The summed E-state index contributed by atoms with van der Waals surface area (Å²) in [7, 11) is 1.86. The quantitative estimate of drug-likeness (QED) is 0.673. The van der Waals surface area contributed by atoms with Crippen LogP contribution in [0.4, 0.5) is 17.6 Å². The number of hydrogen-bond acceptors (Lipinski definition) is 9. The van der Waals surface area contributed by atoms with E-state index in [4.69, 9.17) is 4.52 Å². The average Bonchev–Trinajstić information content (AvgIpc) is 3.24. The molecule has 0 bridgehead atoms. The van der Waals surface area contributed by atoms with E-state index in [0.29, 0.717) is 11.8 Å². The van der Waals surface area contributed by atoms with E-state index in [1.807, 2.05) is 42.3 Å². The van der Waals surface area contributed by atoms with Crippen molar-refractivity contribution in [2.75, 3.05) is 11.9 Å². The molecule has 1 saturated carbocycles. The molecule has 0 unspecified atom stereocenters. The summed E-state index contributed by atoms with van der Waals surface area (Å²) in [6, 6.07) is 9.72. The number of anilines is 2. The van der Waals surface area contributed by atoms with Gasteiger partial charge in [-0.15, -0.1) is 0 Å². The number of benzene rings is 1. The fourth-order valence-corrected chi connectivity index (χ4v) is 3.26. The van der Waals surface area contributed by atoms with Gasteiger partial charge in [0, 0.05) is 18.7 Å². The first-order chi connectivity index (χ1) is 13.6. The maximum absolute atomic E-state index is 9.68. The van der Waals surface area contributed by atoms with Gasteiger partial charge in [-0.25, -0.2) is 4.99 Å². The van der Waals surface area contributed by atoms with E-state index < -0.39 is 0 Å². The lowest BCUT2D eigenvalue weighted by molar-refractivity contribution is 0.116. The Morgan fingerprint density at radius 2 is 1.79 bits per heavy atom. The van der Waals surface area contributed by atoms with Gasteiger partial charge in [-0.1, -0.05) is 23.4 Å². The van der Waals surface area contributed by atoms with Crippen molar-refractivity contribution in [1.29, 1.82) is 0 Å². The number of hydrogen-bond donors (Lipinski definition) is 1. The molecule has 0 radical (unpaired) electrons. The predicted octanol–water partition coefficient (Wildman–Crippen LogP) is 3.04. The van der Waals surface area contributed by atoms with Crippen LogP contribution in [0.5, 0.6) is 0 Å². The zero-order valence-electron chi connectivity index (χ0n) is 15.6. The van der Waals surface area contributed by atoms with Crippen molar-refractivity contribution in [3.8, 4) is 11.6 Å². The van der Waals surface area contributed by atoms with Gasteiger partial charge in [0.25, 0.3) is 5.95 Å². The summed E-state index contributed by atoms with van der Waals surface area (Å²) in [6.07, 6.45) is 2.89. The highest BCUT2D eigenvalue weighted by Gasteiger charge is 2.26. The molecule has 1 aliphatic carbocycles. The number of rotatable bonds is 5. The van der Waals surface area contributed by atoms with E-state index in [0.717, 1.165) is 31.4 Å². The van der Waals surface area contributed by atoms with Crippen LogP contribution < -0.4 is 4.90 Å². The molecule has 3 aromatic rings. The van der Waals surface area contributed by atoms with Crippen molar-refractivity contribution in [3.63, 3.8) is 0 Å². The van der Waals surface area contributed by atoms with Gasteiger partial charge in [-0.3, -0.25) is 0 Å². The third kappa shape index (κ3) is 3.74. The molecular weight excluding hydrogens is 358 g/mol. The van der Waals surface area contributed by atoms with E-state index in [1.54, 1.807) is 0 Å².